The number of hydrogen-bond acceptors (Lipinski definition) is 2. The molecular weight excluding hydrogens is 310 g/mol. The summed E-state index contributed by atoms with van der Waals surface area (Å²) in [6, 6.07) is 12.5. The molecule has 0 radical (unpaired) electrons. The van der Waals surface area contributed by atoms with Crippen LogP contribution in [0.15, 0.2) is 54.6 Å². The Hall–Kier alpha value is -2.53. The van der Waals surface area contributed by atoms with Gasteiger partial charge in [-0.25, -0.2) is 8.78 Å². The highest BCUT2D eigenvalue weighted by Crippen LogP contribution is 2.41. The topological polar surface area (TPSA) is 32.3 Å². The SMILES string of the molecule is O=C1CNC[C@H]2C(c3cc(F)ccc3F)=C[C@H](c3ccccc3)N12. The van der Waals surface area contributed by atoms with Gasteiger partial charge in [0.05, 0.1) is 18.6 Å². The van der Waals surface area contributed by atoms with Gasteiger partial charge in [-0.1, -0.05) is 36.4 Å². The summed E-state index contributed by atoms with van der Waals surface area (Å²) < 4.78 is 27.9. The highest BCUT2D eigenvalue weighted by Gasteiger charge is 2.41. The van der Waals surface area contributed by atoms with E-state index in [0.717, 1.165) is 17.7 Å². The van der Waals surface area contributed by atoms with Crippen LogP contribution >= 0.6 is 0 Å². The van der Waals surface area contributed by atoms with E-state index in [9.17, 15) is 13.6 Å². The average Bonchev–Trinajstić information content (AvgIpc) is 2.99. The first-order valence-electron chi connectivity index (χ1n) is 7.89. The molecule has 24 heavy (non-hydrogen) atoms. The number of fused-ring (bicyclic) bond motifs is 1. The number of nitrogens with zero attached hydrogens (tertiary/aromatic N) is 1. The minimum Gasteiger partial charge on any atom is -0.323 e. The molecular formula is C19H16F2N2O. The largest absolute Gasteiger partial charge is 0.323 e. The third-order valence-corrected chi connectivity index (χ3v) is 4.61. The zero-order chi connectivity index (χ0) is 16.7. The van der Waals surface area contributed by atoms with E-state index >= 15 is 0 Å². The second-order valence-electron chi connectivity index (χ2n) is 6.05. The molecule has 122 valence electrons. The van der Waals surface area contributed by atoms with Crippen LogP contribution in [-0.4, -0.2) is 29.9 Å². The number of carbonyl (C=O) groups is 1. The van der Waals surface area contributed by atoms with Crippen LogP contribution in [0.1, 0.15) is 17.2 Å². The van der Waals surface area contributed by atoms with Crippen molar-refractivity contribution < 1.29 is 13.6 Å². The Morgan fingerprint density at radius 3 is 2.67 bits per heavy atom. The van der Waals surface area contributed by atoms with Crippen molar-refractivity contribution in [3.8, 4) is 0 Å². The van der Waals surface area contributed by atoms with Crippen LogP contribution in [-0.2, 0) is 4.79 Å². The van der Waals surface area contributed by atoms with Crippen molar-refractivity contribution in [2.45, 2.75) is 12.1 Å². The Morgan fingerprint density at radius 2 is 1.88 bits per heavy atom. The minimum absolute atomic E-state index is 0.0387. The lowest BCUT2D eigenvalue weighted by molar-refractivity contribution is -0.134. The van der Waals surface area contributed by atoms with Gasteiger partial charge in [0.25, 0.3) is 0 Å². The van der Waals surface area contributed by atoms with Crippen molar-refractivity contribution in [1.82, 2.24) is 10.2 Å². The van der Waals surface area contributed by atoms with Crippen molar-refractivity contribution in [1.29, 1.82) is 0 Å². The third-order valence-electron chi connectivity index (χ3n) is 4.61. The molecule has 1 saturated heterocycles. The predicted molar refractivity (Wildman–Crippen MR) is 87.0 cm³/mol. The Morgan fingerprint density at radius 1 is 1.08 bits per heavy atom. The molecule has 2 atom stereocenters. The van der Waals surface area contributed by atoms with Crippen LogP contribution < -0.4 is 5.32 Å². The highest BCUT2D eigenvalue weighted by atomic mass is 19.1. The fourth-order valence-corrected chi connectivity index (χ4v) is 3.54. The zero-order valence-electron chi connectivity index (χ0n) is 12.9. The quantitative estimate of drug-likeness (QED) is 0.920. The molecule has 1 amide bonds. The van der Waals surface area contributed by atoms with Gasteiger partial charge in [-0.15, -0.1) is 0 Å². The highest BCUT2D eigenvalue weighted by molar-refractivity contribution is 5.87. The Bertz CT molecular complexity index is 819. The second kappa shape index (κ2) is 5.83. The van der Waals surface area contributed by atoms with Crippen molar-refractivity contribution in [3.63, 3.8) is 0 Å². The summed E-state index contributed by atoms with van der Waals surface area (Å²) in [7, 11) is 0. The fraction of sp³-hybridized carbons (Fsp3) is 0.211. The number of rotatable bonds is 2. The van der Waals surface area contributed by atoms with E-state index in [-0.39, 0.29) is 30.1 Å². The first-order valence-corrected chi connectivity index (χ1v) is 7.89. The van der Waals surface area contributed by atoms with Crippen molar-refractivity contribution >= 4 is 11.5 Å². The molecule has 2 aromatic carbocycles. The van der Waals surface area contributed by atoms with Crippen molar-refractivity contribution in [3.05, 3.63) is 77.4 Å². The number of carbonyl (C=O) groups excluding carboxylic acids is 1. The van der Waals surface area contributed by atoms with Gasteiger partial charge in [0.15, 0.2) is 0 Å². The molecule has 2 aliphatic rings. The van der Waals surface area contributed by atoms with Gasteiger partial charge in [-0.05, 0) is 29.3 Å². The minimum atomic E-state index is -0.489. The summed E-state index contributed by atoms with van der Waals surface area (Å²) in [5, 5.41) is 3.06. The van der Waals surface area contributed by atoms with Gasteiger partial charge in [0, 0.05) is 12.1 Å². The normalized spacial score (nSPS) is 23.2. The van der Waals surface area contributed by atoms with E-state index in [1.54, 1.807) is 4.90 Å². The van der Waals surface area contributed by atoms with E-state index in [0.29, 0.717) is 12.1 Å². The summed E-state index contributed by atoms with van der Waals surface area (Å²) in [5.74, 6) is -1.00. The second-order valence-corrected chi connectivity index (χ2v) is 6.05. The molecule has 2 aliphatic heterocycles. The van der Waals surface area contributed by atoms with Crippen LogP contribution in [0.25, 0.3) is 5.57 Å². The van der Waals surface area contributed by atoms with Crippen LogP contribution in [0, 0.1) is 11.6 Å². The number of amides is 1. The van der Waals surface area contributed by atoms with Crippen molar-refractivity contribution in [2.75, 3.05) is 13.1 Å². The van der Waals surface area contributed by atoms with Gasteiger partial charge < -0.3 is 10.2 Å². The van der Waals surface area contributed by atoms with Gasteiger partial charge >= 0.3 is 0 Å². The Kier molecular flexibility index (Phi) is 3.65. The van der Waals surface area contributed by atoms with E-state index < -0.39 is 11.6 Å². The monoisotopic (exact) mass is 326 g/mol. The molecule has 5 heteroatoms. The van der Waals surface area contributed by atoms with E-state index in [2.05, 4.69) is 5.32 Å². The van der Waals surface area contributed by atoms with E-state index in [4.69, 9.17) is 0 Å². The Balaban J connectivity index is 1.83. The molecule has 1 fully saturated rings. The summed E-state index contributed by atoms with van der Waals surface area (Å²) in [6.07, 6.45) is 1.88. The molecule has 0 aliphatic carbocycles. The molecule has 0 unspecified atom stereocenters. The van der Waals surface area contributed by atoms with Crippen LogP contribution in [0.4, 0.5) is 8.78 Å². The van der Waals surface area contributed by atoms with Crippen LogP contribution in [0.3, 0.4) is 0 Å². The van der Waals surface area contributed by atoms with Gasteiger partial charge in [-0.3, -0.25) is 4.79 Å². The standard InChI is InChI=1S/C19H16F2N2O/c20-13-6-7-16(21)14(8-13)15-9-17(12-4-2-1-3-5-12)23-18(15)10-22-11-19(23)24/h1-9,17-18,22H,10-11H2/t17-,18+/m1/s1. The summed E-state index contributed by atoms with van der Waals surface area (Å²) >= 11 is 0. The van der Waals surface area contributed by atoms with E-state index in [1.165, 1.54) is 6.07 Å². The lowest BCUT2D eigenvalue weighted by Crippen LogP contribution is -2.53. The first kappa shape index (κ1) is 15.0. The number of nitrogens with one attached hydrogen (secondary N) is 1. The van der Waals surface area contributed by atoms with Crippen molar-refractivity contribution in [2.24, 2.45) is 0 Å². The van der Waals surface area contributed by atoms with Gasteiger partial charge in [0.2, 0.25) is 5.91 Å². The molecule has 4 rings (SSSR count). The molecule has 0 spiro atoms. The molecule has 2 heterocycles. The summed E-state index contributed by atoms with van der Waals surface area (Å²) in [4.78, 5) is 14.2. The number of piperazine rings is 1. The zero-order valence-corrected chi connectivity index (χ0v) is 12.9. The lowest BCUT2D eigenvalue weighted by atomic mass is 9.98. The third kappa shape index (κ3) is 2.41. The smallest absolute Gasteiger partial charge is 0.237 e. The fourth-order valence-electron chi connectivity index (χ4n) is 3.54. The van der Waals surface area contributed by atoms with Gasteiger partial charge in [0.1, 0.15) is 11.6 Å². The number of halogens is 2. The number of benzene rings is 2. The maximum atomic E-state index is 14.3. The molecule has 0 bridgehead atoms. The maximum absolute atomic E-state index is 14.3. The number of hydrogen-bond donors (Lipinski definition) is 1. The first-order chi connectivity index (χ1) is 11.6. The molecule has 3 nitrogen and oxygen atoms in total. The molecule has 0 saturated carbocycles. The van der Waals surface area contributed by atoms with Crippen LogP contribution in [0.5, 0.6) is 0 Å². The van der Waals surface area contributed by atoms with Crippen LogP contribution in [0.2, 0.25) is 0 Å². The molecule has 0 aromatic heterocycles. The Labute approximate surface area is 138 Å². The lowest BCUT2D eigenvalue weighted by Gasteiger charge is -2.36. The average molecular weight is 326 g/mol. The molecule has 1 N–H and O–H groups in total. The van der Waals surface area contributed by atoms with Gasteiger partial charge in [-0.2, -0.15) is 0 Å². The summed E-state index contributed by atoms with van der Waals surface area (Å²) in [5.41, 5.74) is 1.84. The molecule has 2 aromatic rings. The predicted octanol–water partition coefficient (Wildman–Crippen LogP) is 2.90. The van der Waals surface area contributed by atoms with E-state index in [1.807, 2.05) is 36.4 Å². The summed E-state index contributed by atoms with van der Waals surface area (Å²) in [6.45, 7) is 0.781. The maximum Gasteiger partial charge on any atom is 0.237 e.